The van der Waals surface area contributed by atoms with Crippen LogP contribution in [0.25, 0.3) is 17.2 Å². The lowest BCUT2D eigenvalue weighted by Gasteiger charge is -2.30. The molecule has 178 valence electrons. The van der Waals surface area contributed by atoms with Crippen molar-refractivity contribution in [1.29, 1.82) is 0 Å². The Morgan fingerprint density at radius 1 is 0.971 bits per heavy atom. The summed E-state index contributed by atoms with van der Waals surface area (Å²) in [5, 5.41) is 9.06. The maximum absolute atomic E-state index is 11.8. The molecule has 2 aliphatic rings. The minimum atomic E-state index is -0.387. The van der Waals surface area contributed by atoms with Crippen LogP contribution in [0.3, 0.4) is 0 Å². The second-order valence-electron chi connectivity index (χ2n) is 8.62. The zero-order valence-electron chi connectivity index (χ0n) is 19.1. The molecule has 0 spiro atoms. The zero-order chi connectivity index (χ0) is 24.0. The van der Waals surface area contributed by atoms with Gasteiger partial charge in [-0.2, -0.15) is 0 Å². The van der Waals surface area contributed by atoms with E-state index in [0.717, 1.165) is 44.0 Å². The van der Waals surface area contributed by atoms with Gasteiger partial charge in [0.05, 0.1) is 10.6 Å². The van der Waals surface area contributed by atoms with E-state index in [1.54, 1.807) is 18.3 Å². The zero-order valence-corrected chi connectivity index (χ0v) is 19.9. The molecule has 3 aromatic rings. The first-order valence-electron chi connectivity index (χ1n) is 11.7. The third-order valence-corrected chi connectivity index (χ3v) is 7.06. The molecule has 2 amide bonds. The molecule has 0 bridgehead atoms. The Labute approximate surface area is 208 Å². The van der Waals surface area contributed by atoms with E-state index < -0.39 is 0 Å². The summed E-state index contributed by atoms with van der Waals surface area (Å²) in [7, 11) is 0. The molecule has 2 fully saturated rings. The number of carbonyl (C=O) groups is 2. The van der Waals surface area contributed by atoms with Gasteiger partial charge in [-0.05, 0) is 78.4 Å². The number of anilines is 1. The third kappa shape index (κ3) is 5.93. The highest BCUT2D eigenvalue weighted by Gasteiger charge is 2.25. The molecule has 1 aromatic carbocycles. The number of amides is 2. The number of hydrogen-bond donors (Lipinski definition) is 3. The van der Waals surface area contributed by atoms with Gasteiger partial charge in [-0.25, -0.2) is 9.97 Å². The van der Waals surface area contributed by atoms with Gasteiger partial charge in [0.2, 0.25) is 5.95 Å². The number of benzene rings is 1. The lowest BCUT2D eigenvalue weighted by molar-refractivity contribution is -0.115. The molecule has 5 rings (SSSR count). The maximum Gasteiger partial charge on any atom is 0.290 e. The first-order valence-corrected chi connectivity index (χ1v) is 12.5. The number of hydrogen-bond acceptors (Lipinski definition) is 8. The molecule has 1 aliphatic heterocycles. The summed E-state index contributed by atoms with van der Waals surface area (Å²) in [5.74, 6) is 0.152. The van der Waals surface area contributed by atoms with Crippen molar-refractivity contribution in [3.8, 4) is 11.1 Å². The summed E-state index contributed by atoms with van der Waals surface area (Å²) in [5.41, 5.74) is 4.30. The summed E-state index contributed by atoms with van der Waals surface area (Å²) >= 11 is 0.884. The summed E-state index contributed by atoms with van der Waals surface area (Å²) in [6, 6.07) is 15.1. The van der Waals surface area contributed by atoms with Gasteiger partial charge in [-0.3, -0.25) is 19.9 Å². The Morgan fingerprint density at radius 2 is 1.74 bits per heavy atom. The van der Waals surface area contributed by atoms with Crippen LogP contribution in [-0.2, 0) is 11.3 Å². The van der Waals surface area contributed by atoms with Crippen LogP contribution in [0.5, 0.6) is 0 Å². The van der Waals surface area contributed by atoms with Gasteiger partial charge in [0, 0.05) is 37.2 Å². The van der Waals surface area contributed by atoms with Gasteiger partial charge in [-0.15, -0.1) is 0 Å². The number of rotatable bonds is 7. The molecular formula is C26H26N6O2S. The first kappa shape index (κ1) is 23.2. The maximum atomic E-state index is 11.8. The highest BCUT2D eigenvalue weighted by atomic mass is 32.2. The average Bonchev–Trinajstić information content (AvgIpc) is 3.20. The van der Waals surface area contributed by atoms with Crippen molar-refractivity contribution in [3.05, 3.63) is 77.2 Å². The van der Waals surface area contributed by atoms with Crippen molar-refractivity contribution in [2.75, 3.05) is 5.32 Å². The topological polar surface area (TPSA) is 109 Å². The highest BCUT2D eigenvalue weighted by molar-refractivity contribution is 8.18. The van der Waals surface area contributed by atoms with Crippen molar-refractivity contribution in [2.24, 2.45) is 0 Å². The fourth-order valence-electron chi connectivity index (χ4n) is 4.44. The number of carbonyl (C=O) groups excluding carboxylic acids is 2. The molecule has 0 unspecified atom stereocenters. The van der Waals surface area contributed by atoms with Crippen molar-refractivity contribution < 1.29 is 9.59 Å². The van der Waals surface area contributed by atoms with E-state index in [4.69, 9.17) is 0 Å². The summed E-state index contributed by atoms with van der Waals surface area (Å²) in [4.78, 5) is 36.4. The Bertz CT molecular complexity index is 1240. The van der Waals surface area contributed by atoms with Gasteiger partial charge in [0.15, 0.2) is 0 Å². The van der Waals surface area contributed by atoms with E-state index in [-0.39, 0.29) is 11.1 Å². The second-order valence-corrected chi connectivity index (χ2v) is 9.64. The molecule has 1 saturated carbocycles. The lowest BCUT2D eigenvalue weighted by atomic mass is 9.91. The Balaban J connectivity index is 1.14. The van der Waals surface area contributed by atoms with Gasteiger partial charge < -0.3 is 10.6 Å². The van der Waals surface area contributed by atoms with Crippen LogP contribution in [-0.4, -0.2) is 38.2 Å². The van der Waals surface area contributed by atoms with Gasteiger partial charge in [-0.1, -0.05) is 24.3 Å². The molecule has 0 radical (unpaired) electrons. The van der Waals surface area contributed by atoms with Gasteiger partial charge in [0.25, 0.3) is 11.1 Å². The quantitative estimate of drug-likeness (QED) is 0.422. The number of thioether (sulfide) groups is 1. The monoisotopic (exact) mass is 486 g/mol. The van der Waals surface area contributed by atoms with Crippen molar-refractivity contribution in [1.82, 2.24) is 25.6 Å². The third-order valence-electron chi connectivity index (χ3n) is 6.25. The van der Waals surface area contributed by atoms with Crippen molar-refractivity contribution >= 4 is 34.9 Å². The predicted molar refractivity (Wildman–Crippen MR) is 137 cm³/mol. The smallest absolute Gasteiger partial charge is 0.290 e. The van der Waals surface area contributed by atoms with E-state index in [1.165, 1.54) is 16.7 Å². The molecular weight excluding hydrogens is 460 g/mol. The number of aromatic nitrogens is 3. The van der Waals surface area contributed by atoms with Crippen LogP contribution in [0.4, 0.5) is 10.7 Å². The normalized spacial score (nSPS) is 21.2. The average molecular weight is 487 g/mol. The molecule has 1 aliphatic carbocycles. The van der Waals surface area contributed by atoms with E-state index in [9.17, 15) is 9.59 Å². The van der Waals surface area contributed by atoms with Crippen LogP contribution in [0, 0.1) is 0 Å². The number of nitrogens with one attached hydrogen (secondary N) is 3. The van der Waals surface area contributed by atoms with E-state index in [2.05, 4.69) is 55.2 Å². The summed E-state index contributed by atoms with van der Waals surface area (Å²) in [6.45, 7) is 0.829. The summed E-state index contributed by atoms with van der Waals surface area (Å²) < 4.78 is 0. The number of imide groups is 1. The van der Waals surface area contributed by atoms with Crippen LogP contribution in [0.15, 0.2) is 66.0 Å². The fraction of sp³-hybridized carbons (Fsp3) is 0.269. The predicted octanol–water partition coefficient (Wildman–Crippen LogP) is 4.38. The van der Waals surface area contributed by atoms with Gasteiger partial charge >= 0.3 is 0 Å². The van der Waals surface area contributed by atoms with E-state index in [0.29, 0.717) is 28.6 Å². The molecule has 35 heavy (non-hydrogen) atoms. The molecule has 2 aromatic heterocycles. The fourth-order valence-corrected chi connectivity index (χ4v) is 5.11. The highest BCUT2D eigenvalue weighted by Crippen LogP contribution is 2.27. The lowest BCUT2D eigenvalue weighted by Crippen LogP contribution is -2.37. The standard InChI is InChI=1S/C26H26N6O2S/c33-24-23(35-26(34)32-24)15-21-11-14-28-25(31-21)30-20-7-5-19(6-8-20)29-16-18-3-1-2-4-22(18)17-9-12-27-13-10-17/h1-4,9-15,19-20,29H,5-8,16H2,(H,28,30,31)(H,32,33,34)/b23-15-. The first-order chi connectivity index (χ1) is 17.1. The number of nitrogens with zero attached hydrogens (tertiary/aromatic N) is 3. The Hall–Kier alpha value is -3.56. The van der Waals surface area contributed by atoms with E-state index in [1.807, 2.05) is 24.5 Å². The molecule has 3 heterocycles. The molecule has 0 atom stereocenters. The number of pyridine rings is 1. The van der Waals surface area contributed by atoms with Crippen molar-refractivity contribution in [2.45, 2.75) is 44.3 Å². The van der Waals surface area contributed by atoms with Crippen molar-refractivity contribution in [3.63, 3.8) is 0 Å². The molecule has 3 N–H and O–H groups in total. The molecule has 8 nitrogen and oxygen atoms in total. The van der Waals surface area contributed by atoms with Crippen LogP contribution in [0.2, 0.25) is 0 Å². The molecule has 9 heteroatoms. The molecule has 1 saturated heterocycles. The Morgan fingerprint density at radius 3 is 2.51 bits per heavy atom. The minimum absolute atomic E-state index is 0.297. The Kier molecular flexibility index (Phi) is 7.15. The largest absolute Gasteiger partial charge is 0.351 e. The SMILES string of the molecule is O=C1NC(=O)/C(=C/c2ccnc(NC3CCC(NCc4ccccc4-c4ccncc4)CC3)n2)S1. The summed E-state index contributed by atoms with van der Waals surface area (Å²) in [6.07, 6.45) is 11.1. The van der Waals surface area contributed by atoms with Crippen LogP contribution >= 0.6 is 11.8 Å². The van der Waals surface area contributed by atoms with Crippen LogP contribution in [0.1, 0.15) is 36.9 Å². The van der Waals surface area contributed by atoms with Crippen LogP contribution < -0.4 is 16.0 Å². The second kappa shape index (κ2) is 10.8. The van der Waals surface area contributed by atoms with E-state index >= 15 is 0 Å². The minimum Gasteiger partial charge on any atom is -0.351 e. The van der Waals surface area contributed by atoms with Gasteiger partial charge in [0.1, 0.15) is 0 Å².